The van der Waals surface area contributed by atoms with Crippen LogP contribution in [-0.2, 0) is 19.0 Å². The van der Waals surface area contributed by atoms with Gasteiger partial charge < -0.3 is 15.6 Å². The van der Waals surface area contributed by atoms with Gasteiger partial charge in [0, 0.05) is 37.9 Å². The summed E-state index contributed by atoms with van der Waals surface area (Å²) in [7, 11) is 0. The van der Waals surface area contributed by atoms with E-state index in [4.69, 9.17) is 0 Å². The number of hydrogen-bond acceptors (Lipinski definition) is 4. The van der Waals surface area contributed by atoms with Crippen LogP contribution < -0.4 is 10.6 Å². The van der Waals surface area contributed by atoms with Gasteiger partial charge in [0.25, 0.3) is 0 Å². The Labute approximate surface area is 193 Å². The fraction of sp³-hybridized carbons (Fsp3) is 0.421. The zero-order valence-electron chi connectivity index (χ0n) is 16.4. The molecule has 0 spiro atoms. The number of rotatable bonds is 8. The highest BCUT2D eigenvalue weighted by molar-refractivity contribution is 14.0. The van der Waals surface area contributed by atoms with Crippen LogP contribution in [0.2, 0.25) is 0 Å². The minimum atomic E-state index is -4.39. The van der Waals surface area contributed by atoms with Gasteiger partial charge in [-0.25, -0.2) is 9.97 Å². The van der Waals surface area contributed by atoms with Gasteiger partial charge in [0.1, 0.15) is 5.82 Å². The first-order chi connectivity index (χ1) is 14.0. The number of para-hydroxylation sites is 2. The Balaban J connectivity index is 0.00000320. The molecule has 0 unspecified atom stereocenters. The third-order valence-electron chi connectivity index (χ3n) is 4.10. The second kappa shape index (κ2) is 11.5. The first kappa shape index (κ1) is 24.4. The lowest BCUT2D eigenvalue weighted by Crippen LogP contribution is -2.38. The molecule has 0 saturated carbocycles. The van der Waals surface area contributed by atoms with Gasteiger partial charge in [-0.3, -0.25) is 4.99 Å². The van der Waals surface area contributed by atoms with Crippen molar-refractivity contribution in [1.29, 1.82) is 0 Å². The van der Waals surface area contributed by atoms with E-state index in [2.05, 4.69) is 30.6 Å². The molecular weight excluding hydrogens is 528 g/mol. The number of nitrogens with zero attached hydrogens (tertiary/aromatic N) is 3. The summed E-state index contributed by atoms with van der Waals surface area (Å²) in [5.41, 5.74) is 1.15. The second-order valence-corrected chi connectivity index (χ2v) is 7.31. The number of aryl methyl sites for hydroxylation is 1. The van der Waals surface area contributed by atoms with E-state index < -0.39 is 11.9 Å². The summed E-state index contributed by atoms with van der Waals surface area (Å²) in [6.45, 7) is 3.73. The number of H-pyrrole nitrogens is 1. The lowest BCUT2D eigenvalue weighted by atomic mass is 10.3. The monoisotopic (exact) mass is 552 g/mol. The van der Waals surface area contributed by atoms with E-state index in [-0.39, 0.29) is 24.0 Å². The molecule has 3 N–H and O–H groups in total. The van der Waals surface area contributed by atoms with E-state index in [9.17, 15) is 13.2 Å². The molecule has 6 nitrogen and oxygen atoms in total. The SMILES string of the molecule is CCNC(=NCCCc1nc2ccccc2[nH]1)NCCc1nc(C(F)(F)F)cs1.I. The van der Waals surface area contributed by atoms with Crippen LogP contribution >= 0.6 is 35.3 Å². The van der Waals surface area contributed by atoms with Crippen molar-refractivity contribution in [3.8, 4) is 0 Å². The van der Waals surface area contributed by atoms with Gasteiger partial charge in [0.2, 0.25) is 0 Å². The molecule has 3 aromatic rings. The molecule has 1 aromatic carbocycles. The topological polar surface area (TPSA) is 78.0 Å². The van der Waals surface area contributed by atoms with Crippen molar-refractivity contribution < 1.29 is 13.2 Å². The smallest absolute Gasteiger partial charge is 0.357 e. The number of nitrogens with one attached hydrogen (secondary N) is 3. The van der Waals surface area contributed by atoms with Crippen molar-refractivity contribution in [2.75, 3.05) is 19.6 Å². The van der Waals surface area contributed by atoms with Gasteiger partial charge in [0.15, 0.2) is 11.7 Å². The summed E-state index contributed by atoms with van der Waals surface area (Å²) in [6, 6.07) is 7.90. The number of aromatic amines is 1. The van der Waals surface area contributed by atoms with Gasteiger partial charge in [-0.2, -0.15) is 13.2 Å². The van der Waals surface area contributed by atoms with E-state index in [1.165, 1.54) is 0 Å². The van der Waals surface area contributed by atoms with Crippen LogP contribution in [0.4, 0.5) is 13.2 Å². The van der Waals surface area contributed by atoms with E-state index >= 15 is 0 Å². The normalized spacial score (nSPS) is 12.1. The molecule has 0 aliphatic heterocycles. The molecule has 0 amide bonds. The van der Waals surface area contributed by atoms with Crippen molar-refractivity contribution in [1.82, 2.24) is 25.6 Å². The predicted octanol–water partition coefficient (Wildman–Crippen LogP) is 4.39. The Bertz CT molecular complexity index is 920. The number of guanidine groups is 1. The van der Waals surface area contributed by atoms with Crippen LogP contribution in [0.1, 0.15) is 29.9 Å². The average molecular weight is 552 g/mol. The maximum absolute atomic E-state index is 12.6. The van der Waals surface area contributed by atoms with Crippen molar-refractivity contribution in [3.05, 3.63) is 46.2 Å². The zero-order valence-corrected chi connectivity index (χ0v) is 19.6. The number of fused-ring (bicyclic) bond motifs is 1. The van der Waals surface area contributed by atoms with Gasteiger partial charge >= 0.3 is 6.18 Å². The van der Waals surface area contributed by atoms with Crippen LogP contribution in [0.5, 0.6) is 0 Å². The molecular formula is C19H24F3IN6S. The fourth-order valence-electron chi connectivity index (χ4n) is 2.75. The summed E-state index contributed by atoms with van der Waals surface area (Å²) in [5, 5.41) is 7.77. The zero-order chi connectivity index (χ0) is 20.7. The van der Waals surface area contributed by atoms with Gasteiger partial charge in [-0.05, 0) is 25.5 Å². The lowest BCUT2D eigenvalue weighted by Gasteiger charge is -2.10. The van der Waals surface area contributed by atoms with Crippen LogP contribution in [-0.4, -0.2) is 40.5 Å². The summed E-state index contributed by atoms with van der Waals surface area (Å²) >= 11 is 1.02. The van der Waals surface area contributed by atoms with Crippen LogP contribution in [0.25, 0.3) is 11.0 Å². The quantitative estimate of drug-likeness (QED) is 0.168. The Hall–Kier alpha value is -1.89. The van der Waals surface area contributed by atoms with Crippen molar-refractivity contribution in [3.63, 3.8) is 0 Å². The molecule has 30 heavy (non-hydrogen) atoms. The summed E-state index contributed by atoms with van der Waals surface area (Å²) < 4.78 is 37.8. The Morgan fingerprint density at radius 1 is 1.17 bits per heavy atom. The summed E-state index contributed by atoms with van der Waals surface area (Å²) in [4.78, 5) is 16.0. The number of imidazole rings is 1. The van der Waals surface area contributed by atoms with Crippen molar-refractivity contribution in [2.24, 2.45) is 4.99 Å². The van der Waals surface area contributed by atoms with Crippen molar-refractivity contribution >= 4 is 52.3 Å². The molecule has 11 heteroatoms. The second-order valence-electron chi connectivity index (χ2n) is 6.37. The molecule has 0 radical (unpaired) electrons. The highest BCUT2D eigenvalue weighted by Gasteiger charge is 2.33. The highest BCUT2D eigenvalue weighted by Crippen LogP contribution is 2.29. The third-order valence-corrected chi connectivity index (χ3v) is 5.01. The Morgan fingerprint density at radius 3 is 2.67 bits per heavy atom. The van der Waals surface area contributed by atoms with Gasteiger partial charge in [0.05, 0.1) is 16.0 Å². The number of alkyl halides is 3. The third kappa shape index (κ3) is 7.11. The number of halogens is 4. The number of benzene rings is 1. The maximum atomic E-state index is 12.6. The molecule has 0 atom stereocenters. The number of hydrogen-bond donors (Lipinski definition) is 3. The first-order valence-electron chi connectivity index (χ1n) is 9.43. The highest BCUT2D eigenvalue weighted by atomic mass is 127. The number of aliphatic imine (C=N–C) groups is 1. The van der Waals surface area contributed by atoms with Crippen molar-refractivity contribution in [2.45, 2.75) is 32.4 Å². The molecule has 3 rings (SSSR count). The Kier molecular flexibility index (Phi) is 9.34. The van der Waals surface area contributed by atoms with Crippen LogP contribution in [0, 0.1) is 0 Å². The van der Waals surface area contributed by atoms with E-state index in [0.717, 1.165) is 46.4 Å². The molecule has 0 fully saturated rings. The average Bonchev–Trinajstić information content (AvgIpc) is 3.31. The molecule has 164 valence electrons. The van der Waals surface area contributed by atoms with Gasteiger partial charge in [-0.1, -0.05) is 12.1 Å². The predicted molar refractivity (Wildman–Crippen MR) is 125 cm³/mol. The van der Waals surface area contributed by atoms with Gasteiger partial charge in [-0.15, -0.1) is 35.3 Å². The number of thiazole rings is 1. The van der Waals surface area contributed by atoms with Crippen LogP contribution in [0.3, 0.4) is 0 Å². The minimum Gasteiger partial charge on any atom is -0.357 e. The van der Waals surface area contributed by atoms with E-state index in [0.29, 0.717) is 37.0 Å². The van der Waals surface area contributed by atoms with E-state index in [1.54, 1.807) is 0 Å². The number of aromatic nitrogens is 3. The minimum absolute atomic E-state index is 0. The largest absolute Gasteiger partial charge is 0.434 e. The molecule has 2 aromatic heterocycles. The standard InChI is InChI=1S/C19H23F3N6S.HI/c1-2-23-18(25-11-9-17-28-15(12-29-17)19(20,21)22)24-10-5-8-16-26-13-6-3-4-7-14(13)27-16;/h3-4,6-7,12H,2,5,8-11H2,1H3,(H,26,27)(H2,23,24,25);1H. The molecule has 0 saturated heterocycles. The van der Waals surface area contributed by atoms with Crippen LogP contribution in [0.15, 0.2) is 34.6 Å². The fourth-order valence-corrected chi connectivity index (χ4v) is 3.55. The first-order valence-corrected chi connectivity index (χ1v) is 10.3. The Morgan fingerprint density at radius 2 is 1.97 bits per heavy atom. The summed E-state index contributed by atoms with van der Waals surface area (Å²) in [6.07, 6.45) is -2.36. The molecule has 2 heterocycles. The maximum Gasteiger partial charge on any atom is 0.434 e. The molecule has 0 bridgehead atoms. The summed E-state index contributed by atoms with van der Waals surface area (Å²) in [5.74, 6) is 1.58. The lowest BCUT2D eigenvalue weighted by molar-refractivity contribution is -0.140. The molecule has 0 aliphatic carbocycles. The van der Waals surface area contributed by atoms with E-state index in [1.807, 2.05) is 31.2 Å². The molecule has 0 aliphatic rings.